The molecule has 0 bridgehead atoms. The summed E-state index contributed by atoms with van der Waals surface area (Å²) in [6.07, 6.45) is 4.43. The number of aromatic nitrogens is 2. The van der Waals surface area contributed by atoms with Crippen LogP contribution in [0, 0.1) is 5.82 Å². The van der Waals surface area contributed by atoms with Gasteiger partial charge in [-0.3, -0.25) is 4.68 Å². The van der Waals surface area contributed by atoms with Crippen LogP contribution in [0.15, 0.2) is 54.9 Å². The van der Waals surface area contributed by atoms with Gasteiger partial charge in [-0.15, -0.1) is 0 Å². The number of rotatable bonds is 6. The lowest BCUT2D eigenvalue weighted by atomic mass is 10.0. The highest BCUT2D eigenvalue weighted by atomic mass is 19.1. The Kier molecular flexibility index (Phi) is 4.24. The fourth-order valence-electron chi connectivity index (χ4n) is 2.74. The van der Waals surface area contributed by atoms with Crippen molar-refractivity contribution >= 4 is 0 Å². The predicted octanol–water partition coefficient (Wildman–Crippen LogP) is 3.89. The number of aryl methyl sites for hydroxylation is 1. The largest absolute Gasteiger partial charge is 0.493 e. The van der Waals surface area contributed by atoms with Crippen LogP contribution in [0.1, 0.15) is 6.42 Å². The molecule has 0 atom stereocenters. The third kappa shape index (κ3) is 3.57. The molecule has 4 rings (SSSR count). The monoisotopic (exact) mass is 340 g/mol. The minimum atomic E-state index is -0.336. The number of fused-ring (bicyclic) bond motifs is 1. The Balaban J connectivity index is 1.45. The van der Waals surface area contributed by atoms with E-state index in [4.69, 9.17) is 14.2 Å². The number of nitrogens with zero attached hydrogens (tertiary/aromatic N) is 2. The molecule has 0 unspecified atom stereocenters. The molecule has 1 aliphatic rings. The van der Waals surface area contributed by atoms with E-state index in [0.29, 0.717) is 23.9 Å². The van der Waals surface area contributed by atoms with Crippen molar-refractivity contribution in [1.82, 2.24) is 9.78 Å². The van der Waals surface area contributed by atoms with Gasteiger partial charge < -0.3 is 14.2 Å². The fourth-order valence-corrected chi connectivity index (χ4v) is 2.74. The molecule has 1 aliphatic heterocycles. The molecule has 0 N–H and O–H groups in total. The van der Waals surface area contributed by atoms with Crippen LogP contribution >= 0.6 is 0 Å². The van der Waals surface area contributed by atoms with Crippen molar-refractivity contribution in [2.75, 3.05) is 13.4 Å². The second kappa shape index (κ2) is 6.84. The SMILES string of the molecule is Fc1cc(OCCCn2cccn2)cc(-c2ccc3c(c2)OCO3)c1. The summed E-state index contributed by atoms with van der Waals surface area (Å²) < 4.78 is 32.2. The predicted molar refractivity (Wildman–Crippen MR) is 90.3 cm³/mol. The zero-order chi connectivity index (χ0) is 17.1. The van der Waals surface area contributed by atoms with E-state index in [1.54, 1.807) is 6.20 Å². The maximum atomic E-state index is 14.0. The van der Waals surface area contributed by atoms with E-state index in [9.17, 15) is 4.39 Å². The quantitative estimate of drug-likeness (QED) is 0.639. The standard InChI is InChI=1S/C19H17FN2O3/c20-16-9-15(14-3-4-18-19(11-14)25-13-24-18)10-17(12-16)23-8-2-7-22-6-1-5-21-22/h1,3-6,9-12H,2,7-8,13H2. The first-order valence-corrected chi connectivity index (χ1v) is 8.09. The van der Waals surface area contributed by atoms with Crippen LogP contribution in [0.3, 0.4) is 0 Å². The van der Waals surface area contributed by atoms with Crippen molar-refractivity contribution in [3.63, 3.8) is 0 Å². The van der Waals surface area contributed by atoms with Crippen LogP contribution in [-0.2, 0) is 6.54 Å². The molecule has 128 valence electrons. The van der Waals surface area contributed by atoms with Gasteiger partial charge in [-0.2, -0.15) is 5.10 Å². The Labute approximate surface area is 144 Å². The minimum absolute atomic E-state index is 0.215. The molecule has 0 fully saturated rings. The molecular formula is C19H17FN2O3. The van der Waals surface area contributed by atoms with Crippen molar-refractivity contribution in [2.45, 2.75) is 13.0 Å². The van der Waals surface area contributed by atoms with Crippen LogP contribution in [0.25, 0.3) is 11.1 Å². The average Bonchev–Trinajstić information content (AvgIpc) is 3.29. The van der Waals surface area contributed by atoms with Gasteiger partial charge in [0, 0.05) is 31.4 Å². The Morgan fingerprint density at radius 3 is 2.88 bits per heavy atom. The first-order chi connectivity index (χ1) is 12.3. The molecular weight excluding hydrogens is 323 g/mol. The Morgan fingerprint density at radius 2 is 2.00 bits per heavy atom. The van der Waals surface area contributed by atoms with E-state index in [0.717, 1.165) is 24.1 Å². The van der Waals surface area contributed by atoms with Gasteiger partial charge >= 0.3 is 0 Å². The number of halogens is 1. The van der Waals surface area contributed by atoms with E-state index < -0.39 is 0 Å². The first-order valence-electron chi connectivity index (χ1n) is 8.09. The molecule has 2 aromatic carbocycles. The van der Waals surface area contributed by atoms with Gasteiger partial charge in [-0.05, 0) is 41.5 Å². The van der Waals surface area contributed by atoms with Gasteiger partial charge in [-0.25, -0.2) is 4.39 Å². The average molecular weight is 340 g/mol. The van der Waals surface area contributed by atoms with Gasteiger partial charge in [0.2, 0.25) is 6.79 Å². The zero-order valence-electron chi connectivity index (χ0n) is 13.5. The topological polar surface area (TPSA) is 45.5 Å². The smallest absolute Gasteiger partial charge is 0.231 e. The van der Waals surface area contributed by atoms with Crippen molar-refractivity contribution in [3.05, 3.63) is 60.7 Å². The number of benzene rings is 2. The van der Waals surface area contributed by atoms with Crippen LogP contribution in [-0.4, -0.2) is 23.2 Å². The molecule has 2 heterocycles. The zero-order valence-corrected chi connectivity index (χ0v) is 13.5. The lowest BCUT2D eigenvalue weighted by molar-refractivity contribution is 0.174. The maximum absolute atomic E-state index is 14.0. The van der Waals surface area contributed by atoms with Crippen molar-refractivity contribution in [2.24, 2.45) is 0 Å². The second-order valence-corrected chi connectivity index (χ2v) is 5.71. The minimum Gasteiger partial charge on any atom is -0.493 e. The van der Waals surface area contributed by atoms with Gasteiger partial charge in [0.1, 0.15) is 11.6 Å². The molecule has 1 aromatic heterocycles. The molecule has 0 saturated carbocycles. The molecule has 3 aromatic rings. The maximum Gasteiger partial charge on any atom is 0.231 e. The summed E-state index contributed by atoms with van der Waals surface area (Å²) in [5.41, 5.74) is 1.59. The second-order valence-electron chi connectivity index (χ2n) is 5.71. The van der Waals surface area contributed by atoms with E-state index in [1.165, 1.54) is 12.1 Å². The summed E-state index contributed by atoms with van der Waals surface area (Å²) in [7, 11) is 0. The summed E-state index contributed by atoms with van der Waals surface area (Å²) in [6.45, 7) is 1.47. The summed E-state index contributed by atoms with van der Waals surface area (Å²) in [5.74, 6) is 1.55. The lowest BCUT2D eigenvalue weighted by Crippen LogP contribution is -2.05. The van der Waals surface area contributed by atoms with E-state index >= 15 is 0 Å². The highest BCUT2D eigenvalue weighted by Crippen LogP contribution is 2.36. The lowest BCUT2D eigenvalue weighted by Gasteiger charge is -2.10. The number of hydrogen-bond acceptors (Lipinski definition) is 4. The molecule has 25 heavy (non-hydrogen) atoms. The summed E-state index contributed by atoms with van der Waals surface area (Å²) in [5, 5.41) is 4.14. The molecule has 0 spiro atoms. The van der Waals surface area contributed by atoms with Crippen molar-refractivity contribution in [3.8, 4) is 28.4 Å². The third-order valence-corrected chi connectivity index (χ3v) is 3.94. The van der Waals surface area contributed by atoms with Crippen LogP contribution < -0.4 is 14.2 Å². The Morgan fingerprint density at radius 1 is 1.08 bits per heavy atom. The van der Waals surface area contributed by atoms with Crippen LogP contribution in [0.4, 0.5) is 4.39 Å². The summed E-state index contributed by atoms with van der Waals surface area (Å²) in [6, 6.07) is 12.1. The first kappa shape index (κ1) is 15.5. The Bertz CT molecular complexity index is 865. The molecule has 6 heteroatoms. The van der Waals surface area contributed by atoms with Gasteiger partial charge in [0.15, 0.2) is 11.5 Å². The van der Waals surface area contributed by atoms with Gasteiger partial charge in [0.05, 0.1) is 6.61 Å². The van der Waals surface area contributed by atoms with Crippen molar-refractivity contribution < 1.29 is 18.6 Å². The normalized spacial score (nSPS) is 12.4. The fraction of sp³-hybridized carbons (Fsp3) is 0.211. The van der Waals surface area contributed by atoms with Crippen LogP contribution in [0.5, 0.6) is 17.2 Å². The summed E-state index contributed by atoms with van der Waals surface area (Å²) in [4.78, 5) is 0. The molecule has 0 saturated heterocycles. The van der Waals surface area contributed by atoms with E-state index in [-0.39, 0.29) is 12.6 Å². The summed E-state index contributed by atoms with van der Waals surface area (Å²) >= 11 is 0. The highest BCUT2D eigenvalue weighted by molar-refractivity contribution is 5.68. The van der Waals surface area contributed by atoms with E-state index in [2.05, 4.69) is 5.10 Å². The molecule has 0 aliphatic carbocycles. The van der Waals surface area contributed by atoms with Crippen LogP contribution in [0.2, 0.25) is 0 Å². The van der Waals surface area contributed by atoms with Crippen molar-refractivity contribution in [1.29, 1.82) is 0 Å². The molecule has 0 amide bonds. The molecule has 5 nitrogen and oxygen atoms in total. The molecule has 0 radical (unpaired) electrons. The highest BCUT2D eigenvalue weighted by Gasteiger charge is 2.14. The van der Waals surface area contributed by atoms with Gasteiger partial charge in [-0.1, -0.05) is 6.07 Å². The number of ether oxygens (including phenoxy) is 3. The number of hydrogen-bond donors (Lipinski definition) is 0. The Hall–Kier alpha value is -3.02. The van der Waals surface area contributed by atoms with Gasteiger partial charge in [0.25, 0.3) is 0 Å². The third-order valence-electron chi connectivity index (χ3n) is 3.94. The van der Waals surface area contributed by atoms with E-state index in [1.807, 2.05) is 41.2 Å².